The summed E-state index contributed by atoms with van der Waals surface area (Å²) in [6.45, 7) is 4.43. The van der Waals surface area contributed by atoms with Crippen LogP contribution in [-0.4, -0.2) is 66.2 Å². The van der Waals surface area contributed by atoms with Gasteiger partial charge in [-0.05, 0) is 44.2 Å². The minimum atomic E-state index is -0.602. The second-order valence-electron chi connectivity index (χ2n) is 6.34. The highest BCUT2D eigenvalue weighted by Gasteiger charge is 2.15. The first-order valence-corrected chi connectivity index (χ1v) is 9.77. The highest BCUT2D eigenvalue weighted by Crippen LogP contribution is 2.13. The highest BCUT2D eigenvalue weighted by molar-refractivity contribution is 6.29. The quantitative estimate of drug-likeness (QED) is 0.604. The van der Waals surface area contributed by atoms with Crippen LogP contribution >= 0.6 is 11.6 Å². The van der Waals surface area contributed by atoms with Crippen LogP contribution in [-0.2, 0) is 14.3 Å². The number of halogens is 1. The van der Waals surface area contributed by atoms with E-state index >= 15 is 0 Å². The molecule has 1 aromatic carbocycles. The average Bonchev–Trinajstić information content (AvgIpc) is 2.73. The van der Waals surface area contributed by atoms with Crippen molar-refractivity contribution in [3.05, 3.63) is 47.1 Å². The third-order valence-corrected chi connectivity index (χ3v) is 4.39. The number of benzene rings is 1. The number of ether oxygens (including phenoxy) is 1. The Morgan fingerprint density at radius 2 is 1.83 bits per heavy atom. The number of esters is 1. The maximum Gasteiger partial charge on any atom is 0.326 e. The Balaban J connectivity index is 1.85. The van der Waals surface area contributed by atoms with Crippen molar-refractivity contribution in [2.24, 2.45) is 0 Å². The number of nitrogens with one attached hydrogen (secondary N) is 1. The molecule has 2 aromatic rings. The molecule has 2 amide bonds. The number of likely N-dealkylation sites (N-methyl/N-ethyl adjacent to an activating group) is 1. The van der Waals surface area contributed by atoms with Crippen molar-refractivity contribution in [3.8, 4) is 0 Å². The van der Waals surface area contributed by atoms with Crippen molar-refractivity contribution >= 4 is 40.9 Å². The molecule has 0 bridgehead atoms. The van der Waals surface area contributed by atoms with Crippen LogP contribution in [0.1, 0.15) is 24.2 Å². The van der Waals surface area contributed by atoms with Gasteiger partial charge in [-0.3, -0.25) is 14.4 Å². The Hall–Kier alpha value is -3.20. The molecule has 0 unspecified atom stereocenters. The Kier molecular flexibility index (Phi) is 8.54. The largest absolute Gasteiger partial charge is 0.454 e. The average molecular weight is 434 g/mol. The molecule has 0 aliphatic carbocycles. The number of amides is 2. The van der Waals surface area contributed by atoms with E-state index in [1.54, 1.807) is 48.3 Å². The van der Waals surface area contributed by atoms with Crippen molar-refractivity contribution in [2.75, 3.05) is 43.5 Å². The zero-order valence-electron chi connectivity index (χ0n) is 17.1. The van der Waals surface area contributed by atoms with E-state index in [-0.39, 0.29) is 17.6 Å². The van der Waals surface area contributed by atoms with Crippen LogP contribution in [0.5, 0.6) is 0 Å². The molecule has 30 heavy (non-hydrogen) atoms. The monoisotopic (exact) mass is 433 g/mol. The summed E-state index contributed by atoms with van der Waals surface area (Å²) in [4.78, 5) is 39.7. The first kappa shape index (κ1) is 23.1. The molecular formula is C20H24ClN5O4. The van der Waals surface area contributed by atoms with Crippen LogP contribution in [0.15, 0.2) is 36.4 Å². The minimum absolute atomic E-state index is 0.114. The van der Waals surface area contributed by atoms with E-state index in [2.05, 4.69) is 15.5 Å². The lowest BCUT2D eigenvalue weighted by molar-refractivity contribution is -0.145. The number of aromatic nitrogens is 2. The molecule has 1 N–H and O–H groups in total. The number of nitrogens with zero attached hydrogens (tertiary/aromatic N) is 4. The minimum Gasteiger partial charge on any atom is -0.454 e. The number of anilines is 2. The first-order chi connectivity index (χ1) is 14.3. The topological polar surface area (TPSA) is 105 Å². The number of rotatable bonds is 9. The normalized spacial score (nSPS) is 10.3. The van der Waals surface area contributed by atoms with Gasteiger partial charge < -0.3 is 19.9 Å². The van der Waals surface area contributed by atoms with Gasteiger partial charge in [-0.2, -0.15) is 0 Å². The molecule has 160 valence electrons. The van der Waals surface area contributed by atoms with E-state index in [4.69, 9.17) is 16.3 Å². The molecule has 1 aromatic heterocycles. The lowest BCUT2D eigenvalue weighted by Gasteiger charge is -2.19. The van der Waals surface area contributed by atoms with Gasteiger partial charge in [-0.1, -0.05) is 17.7 Å². The van der Waals surface area contributed by atoms with Crippen molar-refractivity contribution in [1.29, 1.82) is 0 Å². The highest BCUT2D eigenvalue weighted by atomic mass is 35.5. The van der Waals surface area contributed by atoms with Gasteiger partial charge in [0.1, 0.15) is 6.54 Å². The van der Waals surface area contributed by atoms with Crippen LogP contribution in [0.25, 0.3) is 0 Å². The van der Waals surface area contributed by atoms with Crippen molar-refractivity contribution < 1.29 is 19.1 Å². The number of carbonyl (C=O) groups is 3. The summed E-state index contributed by atoms with van der Waals surface area (Å²) in [6.07, 6.45) is 0. The summed E-state index contributed by atoms with van der Waals surface area (Å²) in [5.74, 6) is -0.786. The Bertz CT molecular complexity index is 887. The van der Waals surface area contributed by atoms with Gasteiger partial charge in [-0.25, -0.2) is 0 Å². The molecule has 0 saturated carbocycles. The Morgan fingerprint density at radius 1 is 1.10 bits per heavy atom. The lowest BCUT2D eigenvalue weighted by Crippen LogP contribution is -2.31. The molecule has 9 nitrogen and oxygen atoms in total. The molecule has 0 aliphatic rings. The van der Waals surface area contributed by atoms with Crippen LogP contribution in [0.4, 0.5) is 11.5 Å². The van der Waals surface area contributed by atoms with Gasteiger partial charge in [0.2, 0.25) is 0 Å². The fraction of sp³-hybridized carbons (Fsp3) is 0.350. The SMILES string of the molecule is CCN(CC)C(=O)c1cccc(NC(=O)COC(=O)CN(C)c2ccc(Cl)nn2)c1. The van der Waals surface area contributed by atoms with Gasteiger partial charge >= 0.3 is 5.97 Å². The van der Waals surface area contributed by atoms with E-state index in [0.29, 0.717) is 30.2 Å². The smallest absolute Gasteiger partial charge is 0.326 e. The molecule has 0 aliphatic heterocycles. The molecule has 0 atom stereocenters. The molecule has 0 spiro atoms. The fourth-order valence-electron chi connectivity index (χ4n) is 2.60. The van der Waals surface area contributed by atoms with Gasteiger partial charge in [0.05, 0.1) is 0 Å². The van der Waals surface area contributed by atoms with E-state index in [0.717, 1.165) is 0 Å². The maximum absolute atomic E-state index is 12.4. The second-order valence-corrected chi connectivity index (χ2v) is 6.72. The van der Waals surface area contributed by atoms with Crippen molar-refractivity contribution in [3.63, 3.8) is 0 Å². The second kappa shape index (κ2) is 11.1. The summed E-state index contributed by atoms with van der Waals surface area (Å²) in [7, 11) is 1.64. The molecule has 2 rings (SSSR count). The Morgan fingerprint density at radius 3 is 2.47 bits per heavy atom. The van der Waals surface area contributed by atoms with Crippen molar-refractivity contribution in [2.45, 2.75) is 13.8 Å². The van der Waals surface area contributed by atoms with Gasteiger partial charge in [-0.15, -0.1) is 10.2 Å². The summed E-state index contributed by atoms with van der Waals surface area (Å²) in [5, 5.41) is 10.4. The van der Waals surface area contributed by atoms with E-state index < -0.39 is 18.5 Å². The summed E-state index contributed by atoms with van der Waals surface area (Å²) in [5.41, 5.74) is 0.918. The molecular weight excluding hydrogens is 410 g/mol. The molecule has 0 saturated heterocycles. The third-order valence-electron chi connectivity index (χ3n) is 4.18. The zero-order valence-corrected chi connectivity index (χ0v) is 17.8. The predicted octanol–water partition coefficient (Wildman–Crippen LogP) is 2.23. The standard InChI is InChI=1S/C20H24ClN5O4/c1-4-26(5-2)20(29)14-7-6-8-15(11-14)22-18(27)13-30-19(28)12-25(3)17-10-9-16(21)23-24-17/h6-11H,4-5,12-13H2,1-3H3,(H,22,27). The molecule has 0 fully saturated rings. The maximum atomic E-state index is 12.4. The van der Waals surface area contributed by atoms with Gasteiger partial charge in [0.25, 0.3) is 11.8 Å². The van der Waals surface area contributed by atoms with Crippen molar-refractivity contribution in [1.82, 2.24) is 15.1 Å². The predicted molar refractivity (Wildman–Crippen MR) is 114 cm³/mol. The van der Waals surface area contributed by atoms with Crippen LogP contribution in [0.2, 0.25) is 5.15 Å². The molecule has 1 heterocycles. The zero-order chi connectivity index (χ0) is 22.1. The van der Waals surface area contributed by atoms with E-state index in [9.17, 15) is 14.4 Å². The Labute approximate surface area is 180 Å². The molecule has 10 heteroatoms. The van der Waals surface area contributed by atoms with Gasteiger partial charge in [0, 0.05) is 31.4 Å². The van der Waals surface area contributed by atoms with Crippen LogP contribution in [0, 0.1) is 0 Å². The molecule has 0 radical (unpaired) electrons. The first-order valence-electron chi connectivity index (χ1n) is 9.39. The summed E-state index contributed by atoms with van der Waals surface area (Å²) in [6, 6.07) is 9.78. The third kappa shape index (κ3) is 6.70. The summed E-state index contributed by atoms with van der Waals surface area (Å²) >= 11 is 5.68. The number of hydrogen-bond acceptors (Lipinski definition) is 7. The van der Waals surface area contributed by atoms with E-state index in [1.807, 2.05) is 13.8 Å². The van der Waals surface area contributed by atoms with E-state index in [1.165, 1.54) is 4.90 Å². The van der Waals surface area contributed by atoms with Crippen LogP contribution in [0.3, 0.4) is 0 Å². The van der Waals surface area contributed by atoms with Gasteiger partial charge in [0.15, 0.2) is 17.6 Å². The van der Waals surface area contributed by atoms with Crippen LogP contribution < -0.4 is 10.2 Å². The number of hydrogen-bond donors (Lipinski definition) is 1. The number of carbonyl (C=O) groups excluding carboxylic acids is 3. The summed E-state index contributed by atoms with van der Waals surface area (Å²) < 4.78 is 5.00. The fourth-order valence-corrected chi connectivity index (χ4v) is 2.70. The lowest BCUT2D eigenvalue weighted by atomic mass is 10.1.